The Labute approximate surface area is 169 Å². The lowest BCUT2D eigenvalue weighted by Crippen LogP contribution is -2.63. The zero-order chi connectivity index (χ0) is 20.4. The van der Waals surface area contributed by atoms with Gasteiger partial charge in [-0.25, -0.2) is 14.8 Å². The third-order valence-corrected chi connectivity index (χ3v) is 6.66. The molecule has 2 amide bonds. The number of carbonyl (C=O) groups excluding carboxylic acids is 1. The van der Waals surface area contributed by atoms with Gasteiger partial charge in [-0.05, 0) is 18.8 Å². The SMILES string of the molecule is O=C(O)N1CCC(C2(N3CCN(C(=O)CO)CC3)C=Cc3cncnc3C2)CC1. The summed E-state index contributed by atoms with van der Waals surface area (Å²) in [7, 11) is 0. The number of likely N-dealkylation sites (tertiary alicyclic amines) is 1. The highest BCUT2D eigenvalue weighted by atomic mass is 16.4. The number of carboxylic acid groups (broad SMARTS) is 1. The first-order chi connectivity index (χ1) is 14.0. The Morgan fingerprint density at radius 2 is 1.83 bits per heavy atom. The smallest absolute Gasteiger partial charge is 0.407 e. The maximum Gasteiger partial charge on any atom is 0.407 e. The summed E-state index contributed by atoms with van der Waals surface area (Å²) in [5, 5.41) is 18.5. The number of hydrogen-bond acceptors (Lipinski definition) is 6. The summed E-state index contributed by atoms with van der Waals surface area (Å²) in [6.07, 6.45) is 9.25. The van der Waals surface area contributed by atoms with Crippen LogP contribution in [0.1, 0.15) is 24.1 Å². The summed E-state index contributed by atoms with van der Waals surface area (Å²) in [5.74, 6) is 0.0725. The fourth-order valence-corrected chi connectivity index (χ4v) is 5.01. The quantitative estimate of drug-likeness (QED) is 0.750. The minimum atomic E-state index is -0.856. The predicted octanol–water partition coefficient (Wildman–Crippen LogP) is 0.311. The van der Waals surface area contributed by atoms with Crippen molar-refractivity contribution in [3.63, 3.8) is 0 Å². The normalized spacial score (nSPS) is 25.7. The predicted molar refractivity (Wildman–Crippen MR) is 105 cm³/mol. The van der Waals surface area contributed by atoms with Gasteiger partial charge >= 0.3 is 6.09 Å². The summed E-state index contributed by atoms with van der Waals surface area (Å²) >= 11 is 0. The van der Waals surface area contributed by atoms with Crippen molar-refractivity contribution in [3.05, 3.63) is 29.9 Å². The molecule has 0 spiro atoms. The van der Waals surface area contributed by atoms with Crippen LogP contribution in [0.25, 0.3) is 6.08 Å². The van der Waals surface area contributed by atoms with Crippen molar-refractivity contribution in [1.29, 1.82) is 0 Å². The summed E-state index contributed by atoms with van der Waals surface area (Å²) in [6, 6.07) is 0. The van der Waals surface area contributed by atoms with Gasteiger partial charge in [-0.1, -0.05) is 12.2 Å². The number of aliphatic hydroxyl groups excluding tert-OH is 1. The first-order valence-electron chi connectivity index (χ1n) is 10.1. The van der Waals surface area contributed by atoms with Crippen LogP contribution in [-0.2, 0) is 11.2 Å². The highest BCUT2D eigenvalue weighted by molar-refractivity contribution is 5.77. The van der Waals surface area contributed by atoms with Gasteiger partial charge in [0.25, 0.3) is 0 Å². The van der Waals surface area contributed by atoms with Crippen molar-refractivity contribution in [2.75, 3.05) is 45.9 Å². The van der Waals surface area contributed by atoms with E-state index in [1.807, 2.05) is 6.20 Å². The summed E-state index contributed by atoms with van der Waals surface area (Å²) in [5.41, 5.74) is 1.79. The Balaban J connectivity index is 1.58. The molecule has 1 aromatic heterocycles. The Kier molecular flexibility index (Phi) is 5.51. The second kappa shape index (κ2) is 8.08. The van der Waals surface area contributed by atoms with E-state index in [0.29, 0.717) is 32.1 Å². The average molecular weight is 401 g/mol. The molecule has 0 radical (unpaired) electrons. The molecule has 9 heteroatoms. The Morgan fingerprint density at radius 3 is 2.48 bits per heavy atom. The van der Waals surface area contributed by atoms with E-state index >= 15 is 0 Å². The molecule has 1 unspecified atom stereocenters. The number of hydrogen-bond donors (Lipinski definition) is 2. The number of rotatable bonds is 3. The van der Waals surface area contributed by atoms with Crippen LogP contribution in [0.2, 0.25) is 0 Å². The van der Waals surface area contributed by atoms with E-state index < -0.39 is 12.7 Å². The maximum atomic E-state index is 11.9. The van der Waals surface area contributed by atoms with Gasteiger partial charge in [0.2, 0.25) is 5.91 Å². The average Bonchev–Trinajstić information content (AvgIpc) is 2.78. The number of amides is 2. The van der Waals surface area contributed by atoms with Crippen molar-refractivity contribution in [3.8, 4) is 0 Å². The van der Waals surface area contributed by atoms with Crippen LogP contribution < -0.4 is 0 Å². The van der Waals surface area contributed by atoms with E-state index in [-0.39, 0.29) is 11.4 Å². The summed E-state index contributed by atoms with van der Waals surface area (Å²) in [4.78, 5) is 37.5. The third-order valence-electron chi connectivity index (χ3n) is 6.66. The van der Waals surface area contributed by atoms with Crippen LogP contribution in [0.5, 0.6) is 0 Å². The van der Waals surface area contributed by atoms with Gasteiger partial charge in [-0.3, -0.25) is 9.69 Å². The summed E-state index contributed by atoms with van der Waals surface area (Å²) < 4.78 is 0. The molecule has 0 saturated carbocycles. The number of aliphatic hydroxyl groups is 1. The highest BCUT2D eigenvalue weighted by Gasteiger charge is 2.46. The molecule has 1 aliphatic carbocycles. The zero-order valence-electron chi connectivity index (χ0n) is 16.4. The van der Waals surface area contributed by atoms with E-state index in [4.69, 9.17) is 5.11 Å². The Hall–Kier alpha value is -2.52. The van der Waals surface area contributed by atoms with Crippen LogP contribution >= 0.6 is 0 Å². The topological polar surface area (TPSA) is 110 Å². The number of aromatic nitrogens is 2. The van der Waals surface area contributed by atoms with E-state index in [1.54, 1.807) is 11.2 Å². The molecule has 2 saturated heterocycles. The molecule has 4 rings (SSSR count). The number of piperidine rings is 1. The molecule has 29 heavy (non-hydrogen) atoms. The molecule has 156 valence electrons. The van der Waals surface area contributed by atoms with Crippen LogP contribution in [-0.4, -0.2) is 98.3 Å². The molecule has 1 aromatic rings. The molecule has 3 aliphatic rings. The molecule has 0 bridgehead atoms. The van der Waals surface area contributed by atoms with Crippen molar-refractivity contribution >= 4 is 18.1 Å². The molecular weight excluding hydrogens is 374 g/mol. The fraction of sp³-hybridized carbons (Fsp3) is 0.600. The maximum absolute atomic E-state index is 11.9. The van der Waals surface area contributed by atoms with Crippen molar-refractivity contribution in [2.45, 2.75) is 24.8 Å². The molecule has 3 heterocycles. The second-order valence-corrected chi connectivity index (χ2v) is 8.00. The Morgan fingerprint density at radius 1 is 1.10 bits per heavy atom. The lowest BCUT2D eigenvalue weighted by Gasteiger charge is -2.53. The van der Waals surface area contributed by atoms with E-state index in [2.05, 4.69) is 27.0 Å². The molecule has 2 N–H and O–H groups in total. The first kappa shape index (κ1) is 19.8. The molecular formula is C20H27N5O4. The van der Waals surface area contributed by atoms with Crippen molar-refractivity contribution in [1.82, 2.24) is 24.7 Å². The lowest BCUT2D eigenvalue weighted by atomic mass is 9.70. The number of piperazine rings is 1. The monoisotopic (exact) mass is 401 g/mol. The first-order valence-corrected chi connectivity index (χ1v) is 10.1. The van der Waals surface area contributed by atoms with Gasteiger partial charge in [0.1, 0.15) is 12.9 Å². The van der Waals surface area contributed by atoms with Crippen LogP contribution in [0.4, 0.5) is 4.79 Å². The standard InChI is InChI=1S/C20H27N5O4/c26-13-18(27)23-7-9-25(10-8-23)20(16-2-5-24(6-3-16)19(28)29)4-1-15-12-21-14-22-17(15)11-20/h1,4,12,14,16,26H,2-3,5-11,13H2,(H,28,29). The van der Waals surface area contributed by atoms with Gasteiger partial charge in [-0.2, -0.15) is 0 Å². The van der Waals surface area contributed by atoms with E-state index in [9.17, 15) is 14.7 Å². The van der Waals surface area contributed by atoms with Gasteiger partial charge in [0.05, 0.1) is 5.69 Å². The van der Waals surface area contributed by atoms with Crippen LogP contribution in [0.15, 0.2) is 18.6 Å². The van der Waals surface area contributed by atoms with Gasteiger partial charge in [-0.15, -0.1) is 0 Å². The molecule has 2 fully saturated rings. The molecule has 0 aromatic carbocycles. The minimum Gasteiger partial charge on any atom is -0.465 e. The fourth-order valence-electron chi connectivity index (χ4n) is 5.01. The molecule has 1 atom stereocenters. The highest BCUT2D eigenvalue weighted by Crippen LogP contribution is 2.41. The van der Waals surface area contributed by atoms with Gasteiger partial charge in [0, 0.05) is 63.0 Å². The van der Waals surface area contributed by atoms with Crippen LogP contribution in [0.3, 0.4) is 0 Å². The number of nitrogens with zero attached hydrogens (tertiary/aromatic N) is 5. The van der Waals surface area contributed by atoms with Gasteiger partial charge in [0.15, 0.2) is 0 Å². The zero-order valence-corrected chi connectivity index (χ0v) is 16.4. The molecule has 2 aliphatic heterocycles. The number of carbonyl (C=O) groups is 2. The van der Waals surface area contributed by atoms with Crippen molar-refractivity contribution < 1.29 is 19.8 Å². The second-order valence-electron chi connectivity index (χ2n) is 8.00. The third kappa shape index (κ3) is 3.72. The van der Waals surface area contributed by atoms with Crippen molar-refractivity contribution in [2.24, 2.45) is 5.92 Å². The molecule has 9 nitrogen and oxygen atoms in total. The number of fused-ring (bicyclic) bond motifs is 1. The largest absolute Gasteiger partial charge is 0.465 e. The minimum absolute atomic E-state index is 0.231. The van der Waals surface area contributed by atoms with Crippen LogP contribution in [0, 0.1) is 5.92 Å². The summed E-state index contributed by atoms with van der Waals surface area (Å²) in [6.45, 7) is 3.22. The Bertz CT molecular complexity index is 800. The van der Waals surface area contributed by atoms with E-state index in [0.717, 1.165) is 43.6 Å². The lowest BCUT2D eigenvalue weighted by molar-refractivity contribution is -0.137. The van der Waals surface area contributed by atoms with E-state index in [1.165, 1.54) is 4.90 Å². The van der Waals surface area contributed by atoms with Gasteiger partial charge < -0.3 is 20.0 Å².